The lowest BCUT2D eigenvalue weighted by Crippen LogP contribution is -2.58. The molecule has 0 radical (unpaired) electrons. The molecular weight excluding hydrogens is 420 g/mol. The van der Waals surface area contributed by atoms with E-state index < -0.39 is 18.1 Å². The number of hydrogen-bond acceptors (Lipinski definition) is 5. The highest BCUT2D eigenvalue weighted by molar-refractivity contribution is 6.28. The van der Waals surface area contributed by atoms with Crippen LogP contribution in [-0.4, -0.2) is 83.5 Å². The molecular formula is C22H37ClN4O4. The van der Waals surface area contributed by atoms with Gasteiger partial charge >= 0.3 is 0 Å². The molecule has 0 saturated carbocycles. The number of alkyl halides is 1. The van der Waals surface area contributed by atoms with Crippen LogP contribution in [0.1, 0.15) is 53.4 Å². The number of rotatable bonds is 9. The Kier molecular flexibility index (Phi) is 9.30. The Morgan fingerprint density at radius 1 is 0.871 bits per heavy atom. The summed E-state index contributed by atoms with van der Waals surface area (Å²) in [7, 11) is 1.75. The van der Waals surface area contributed by atoms with Gasteiger partial charge in [0.15, 0.2) is 5.78 Å². The molecule has 176 valence electrons. The Hall–Kier alpha value is -1.67. The summed E-state index contributed by atoms with van der Waals surface area (Å²) in [4.78, 5) is 54.8. The highest BCUT2D eigenvalue weighted by Crippen LogP contribution is 2.23. The number of Topliss-reactive ketones (excluding diaryl/α,β-unsaturated/α-hetero) is 1. The van der Waals surface area contributed by atoms with Gasteiger partial charge in [-0.1, -0.05) is 27.7 Å². The summed E-state index contributed by atoms with van der Waals surface area (Å²) in [5, 5.41) is 5.94. The molecule has 0 aromatic carbocycles. The van der Waals surface area contributed by atoms with E-state index in [9.17, 15) is 19.2 Å². The Labute approximate surface area is 190 Å². The van der Waals surface area contributed by atoms with Crippen molar-refractivity contribution in [2.75, 3.05) is 26.0 Å². The summed E-state index contributed by atoms with van der Waals surface area (Å²) in [6, 6.07) is -2.22. The van der Waals surface area contributed by atoms with Crippen molar-refractivity contribution >= 4 is 35.1 Å². The minimum absolute atomic E-state index is 0.0881. The third-order valence-corrected chi connectivity index (χ3v) is 6.62. The fraction of sp³-hybridized carbons (Fsp3) is 0.818. The van der Waals surface area contributed by atoms with Gasteiger partial charge in [0.25, 0.3) is 0 Å². The SMILES string of the molecule is CNC(C(=O)N1CCCC1C(=O)NC(C(=O)N1CCCC1C(=O)CCl)C(C)C)C(C)C. The average molecular weight is 457 g/mol. The molecule has 4 unspecified atom stereocenters. The molecule has 9 heteroatoms. The first-order valence-electron chi connectivity index (χ1n) is 11.3. The zero-order valence-corrected chi connectivity index (χ0v) is 20.1. The van der Waals surface area contributed by atoms with Crippen molar-refractivity contribution in [1.29, 1.82) is 0 Å². The number of amides is 3. The molecule has 4 atom stereocenters. The van der Waals surface area contributed by atoms with E-state index in [1.165, 1.54) is 0 Å². The van der Waals surface area contributed by atoms with Crippen molar-refractivity contribution in [3.8, 4) is 0 Å². The van der Waals surface area contributed by atoms with Crippen LogP contribution in [0.25, 0.3) is 0 Å². The van der Waals surface area contributed by atoms with E-state index in [0.29, 0.717) is 25.9 Å². The molecule has 2 fully saturated rings. The maximum Gasteiger partial charge on any atom is 0.246 e. The second-order valence-electron chi connectivity index (χ2n) is 9.22. The molecule has 8 nitrogen and oxygen atoms in total. The van der Waals surface area contributed by atoms with Crippen LogP contribution in [0.15, 0.2) is 0 Å². The quantitative estimate of drug-likeness (QED) is 0.507. The van der Waals surface area contributed by atoms with Gasteiger partial charge in [-0.25, -0.2) is 0 Å². The van der Waals surface area contributed by atoms with Crippen LogP contribution in [-0.2, 0) is 19.2 Å². The molecule has 2 rings (SSSR count). The van der Waals surface area contributed by atoms with Crippen LogP contribution in [0.3, 0.4) is 0 Å². The summed E-state index contributed by atoms with van der Waals surface area (Å²) in [5.41, 5.74) is 0. The monoisotopic (exact) mass is 456 g/mol. The van der Waals surface area contributed by atoms with Gasteiger partial charge < -0.3 is 20.4 Å². The van der Waals surface area contributed by atoms with Gasteiger partial charge in [0.1, 0.15) is 12.1 Å². The van der Waals surface area contributed by atoms with Crippen molar-refractivity contribution in [2.24, 2.45) is 11.8 Å². The Morgan fingerprint density at radius 3 is 1.84 bits per heavy atom. The lowest BCUT2D eigenvalue weighted by Gasteiger charge is -2.33. The minimum atomic E-state index is -0.751. The van der Waals surface area contributed by atoms with Gasteiger partial charge in [-0.2, -0.15) is 0 Å². The lowest BCUT2D eigenvalue weighted by atomic mass is 10.00. The largest absolute Gasteiger partial charge is 0.342 e. The first kappa shape index (κ1) is 25.6. The molecule has 0 aliphatic carbocycles. The Morgan fingerprint density at radius 2 is 1.35 bits per heavy atom. The van der Waals surface area contributed by atoms with Crippen LogP contribution >= 0.6 is 11.6 Å². The molecule has 0 aromatic rings. The highest BCUT2D eigenvalue weighted by atomic mass is 35.5. The van der Waals surface area contributed by atoms with E-state index in [-0.39, 0.29) is 47.3 Å². The zero-order chi connectivity index (χ0) is 23.3. The first-order chi connectivity index (χ1) is 14.6. The molecule has 3 amide bonds. The maximum atomic E-state index is 13.3. The van der Waals surface area contributed by atoms with Crippen molar-refractivity contribution in [3.63, 3.8) is 0 Å². The van der Waals surface area contributed by atoms with Crippen molar-refractivity contribution < 1.29 is 19.2 Å². The van der Waals surface area contributed by atoms with Gasteiger partial charge in [-0.3, -0.25) is 19.2 Å². The van der Waals surface area contributed by atoms with Crippen LogP contribution in [0.5, 0.6) is 0 Å². The number of hydrogen-bond donors (Lipinski definition) is 2. The van der Waals surface area contributed by atoms with Crippen molar-refractivity contribution in [3.05, 3.63) is 0 Å². The first-order valence-corrected chi connectivity index (χ1v) is 11.8. The molecule has 2 heterocycles. The second-order valence-corrected chi connectivity index (χ2v) is 9.49. The number of nitrogens with zero attached hydrogens (tertiary/aromatic N) is 2. The van der Waals surface area contributed by atoms with Gasteiger partial charge in [0.05, 0.1) is 18.0 Å². The van der Waals surface area contributed by atoms with Gasteiger partial charge in [0, 0.05) is 13.1 Å². The third-order valence-electron chi connectivity index (χ3n) is 6.35. The molecule has 2 aliphatic rings. The van der Waals surface area contributed by atoms with Gasteiger partial charge in [0.2, 0.25) is 17.7 Å². The molecule has 31 heavy (non-hydrogen) atoms. The number of carbonyl (C=O) groups is 4. The topological polar surface area (TPSA) is 98.8 Å². The Bertz CT molecular complexity index is 684. The highest BCUT2D eigenvalue weighted by Gasteiger charge is 2.41. The maximum absolute atomic E-state index is 13.3. The second kappa shape index (κ2) is 11.3. The van der Waals surface area contributed by atoms with Crippen LogP contribution in [0, 0.1) is 11.8 Å². The van der Waals surface area contributed by atoms with Crippen LogP contribution in [0.2, 0.25) is 0 Å². The number of nitrogens with one attached hydrogen (secondary N) is 2. The molecule has 2 N–H and O–H groups in total. The smallest absolute Gasteiger partial charge is 0.246 e. The summed E-state index contributed by atoms with van der Waals surface area (Å²) < 4.78 is 0. The summed E-state index contributed by atoms with van der Waals surface area (Å²) in [6.07, 6.45) is 2.66. The predicted molar refractivity (Wildman–Crippen MR) is 120 cm³/mol. The van der Waals surface area contributed by atoms with Crippen LogP contribution < -0.4 is 10.6 Å². The molecule has 0 aromatic heterocycles. The molecule has 0 spiro atoms. The molecule has 2 aliphatic heterocycles. The van der Waals surface area contributed by atoms with E-state index in [0.717, 1.165) is 12.8 Å². The van der Waals surface area contributed by atoms with E-state index >= 15 is 0 Å². The average Bonchev–Trinajstić information content (AvgIpc) is 3.40. The van der Waals surface area contributed by atoms with E-state index in [1.807, 2.05) is 27.7 Å². The number of likely N-dealkylation sites (N-methyl/N-ethyl adjacent to an activating group) is 1. The fourth-order valence-electron chi connectivity index (χ4n) is 4.62. The number of halogens is 1. The summed E-state index contributed by atoms with van der Waals surface area (Å²) in [5.74, 6) is -1.01. The zero-order valence-electron chi connectivity index (χ0n) is 19.3. The number of carbonyl (C=O) groups excluding carboxylic acids is 4. The summed E-state index contributed by atoms with van der Waals surface area (Å²) in [6.45, 7) is 8.67. The Balaban J connectivity index is 2.13. The number of likely N-dealkylation sites (tertiary alicyclic amines) is 2. The van der Waals surface area contributed by atoms with Crippen molar-refractivity contribution in [1.82, 2.24) is 20.4 Å². The van der Waals surface area contributed by atoms with Gasteiger partial charge in [-0.15, -0.1) is 11.6 Å². The lowest BCUT2D eigenvalue weighted by molar-refractivity contribution is -0.144. The van der Waals surface area contributed by atoms with Crippen molar-refractivity contribution in [2.45, 2.75) is 77.5 Å². The van der Waals surface area contributed by atoms with Gasteiger partial charge in [-0.05, 0) is 44.6 Å². The molecule has 2 saturated heterocycles. The number of ketones is 1. The minimum Gasteiger partial charge on any atom is -0.342 e. The van der Waals surface area contributed by atoms with E-state index in [1.54, 1.807) is 16.8 Å². The summed E-state index contributed by atoms with van der Waals surface area (Å²) >= 11 is 5.72. The van der Waals surface area contributed by atoms with Crippen LogP contribution in [0.4, 0.5) is 0 Å². The van der Waals surface area contributed by atoms with E-state index in [2.05, 4.69) is 10.6 Å². The third kappa shape index (κ3) is 5.77. The fourth-order valence-corrected chi connectivity index (χ4v) is 4.80. The van der Waals surface area contributed by atoms with E-state index in [4.69, 9.17) is 11.6 Å². The predicted octanol–water partition coefficient (Wildman–Crippen LogP) is 1.16. The standard InChI is InChI=1S/C22H37ClN4O4/c1-13(2)18(24-5)21(30)27-11-7-9-16(27)20(29)25-19(14(3)4)22(31)26-10-6-8-15(26)17(28)12-23/h13-16,18-19,24H,6-12H2,1-5H3,(H,25,29). The molecule has 0 bridgehead atoms. The normalized spacial score (nSPS) is 23.4.